The van der Waals surface area contributed by atoms with E-state index >= 15 is 0 Å². The summed E-state index contributed by atoms with van der Waals surface area (Å²) in [7, 11) is 0. The minimum absolute atomic E-state index is 0.190. The summed E-state index contributed by atoms with van der Waals surface area (Å²) in [6.45, 7) is 6.64. The highest BCUT2D eigenvalue weighted by atomic mass is 15.4. The van der Waals surface area contributed by atoms with Crippen molar-refractivity contribution in [1.82, 2.24) is 15.0 Å². The Morgan fingerprint density at radius 3 is 2.32 bits per heavy atom. The lowest BCUT2D eigenvalue weighted by atomic mass is 9.94. The zero-order valence-corrected chi connectivity index (χ0v) is 12.7. The minimum atomic E-state index is 0.190. The molecule has 3 rings (SSSR count). The van der Waals surface area contributed by atoms with Gasteiger partial charge in [-0.3, -0.25) is 0 Å². The molecule has 1 unspecified atom stereocenters. The number of benzene rings is 2. The Kier molecular flexibility index (Phi) is 4.15. The predicted octanol–water partition coefficient (Wildman–Crippen LogP) is 4.28. The standard InChI is InChI=1S/C19H19N3/c1-3-14-22-19(17-12-8-5-9-13-17)18(20-21-22)15(2)16-10-6-4-7-11-16/h3-13,15H,1,14H2,2H3. The van der Waals surface area contributed by atoms with Crippen LogP contribution < -0.4 is 0 Å². The van der Waals surface area contributed by atoms with E-state index in [0.29, 0.717) is 6.54 Å². The molecule has 0 aliphatic heterocycles. The van der Waals surface area contributed by atoms with Gasteiger partial charge in [0.15, 0.2) is 0 Å². The number of hydrogen-bond acceptors (Lipinski definition) is 2. The Bertz CT molecular complexity index is 745. The van der Waals surface area contributed by atoms with Gasteiger partial charge in [0.25, 0.3) is 0 Å². The molecule has 110 valence electrons. The van der Waals surface area contributed by atoms with Crippen molar-refractivity contribution in [1.29, 1.82) is 0 Å². The van der Waals surface area contributed by atoms with Crippen LogP contribution in [0.3, 0.4) is 0 Å². The summed E-state index contributed by atoms with van der Waals surface area (Å²) in [5, 5.41) is 8.78. The van der Waals surface area contributed by atoms with Gasteiger partial charge in [0.05, 0.1) is 17.9 Å². The highest BCUT2D eigenvalue weighted by molar-refractivity contribution is 5.63. The molecule has 2 aromatic carbocycles. The van der Waals surface area contributed by atoms with Crippen molar-refractivity contribution in [3.63, 3.8) is 0 Å². The van der Waals surface area contributed by atoms with Crippen molar-refractivity contribution in [2.24, 2.45) is 0 Å². The van der Waals surface area contributed by atoms with E-state index < -0.39 is 0 Å². The summed E-state index contributed by atoms with van der Waals surface area (Å²) in [6, 6.07) is 20.7. The van der Waals surface area contributed by atoms with E-state index in [-0.39, 0.29) is 5.92 Å². The Hall–Kier alpha value is -2.68. The van der Waals surface area contributed by atoms with Gasteiger partial charge in [-0.2, -0.15) is 0 Å². The van der Waals surface area contributed by atoms with Crippen LogP contribution in [0.2, 0.25) is 0 Å². The van der Waals surface area contributed by atoms with Crippen LogP contribution >= 0.6 is 0 Å². The van der Waals surface area contributed by atoms with Gasteiger partial charge in [0, 0.05) is 11.5 Å². The second kappa shape index (κ2) is 6.39. The van der Waals surface area contributed by atoms with Crippen LogP contribution in [0.15, 0.2) is 73.3 Å². The lowest BCUT2D eigenvalue weighted by molar-refractivity contribution is 0.667. The molecule has 0 N–H and O–H groups in total. The summed E-state index contributed by atoms with van der Waals surface area (Å²) < 4.78 is 1.91. The number of rotatable bonds is 5. The minimum Gasteiger partial charge on any atom is -0.241 e. The van der Waals surface area contributed by atoms with Gasteiger partial charge < -0.3 is 0 Å². The average Bonchev–Trinajstić information content (AvgIpc) is 3.00. The van der Waals surface area contributed by atoms with E-state index in [1.165, 1.54) is 5.56 Å². The number of allylic oxidation sites excluding steroid dienone is 1. The highest BCUT2D eigenvalue weighted by Gasteiger charge is 2.20. The first-order chi connectivity index (χ1) is 10.8. The first kappa shape index (κ1) is 14.3. The molecule has 3 heteroatoms. The lowest BCUT2D eigenvalue weighted by Gasteiger charge is -2.12. The van der Waals surface area contributed by atoms with Gasteiger partial charge in [-0.25, -0.2) is 4.68 Å². The third-order valence-corrected chi connectivity index (χ3v) is 3.82. The Labute approximate surface area is 130 Å². The topological polar surface area (TPSA) is 30.7 Å². The van der Waals surface area contributed by atoms with E-state index in [4.69, 9.17) is 0 Å². The van der Waals surface area contributed by atoms with Crippen molar-refractivity contribution in [2.75, 3.05) is 0 Å². The van der Waals surface area contributed by atoms with Crippen molar-refractivity contribution < 1.29 is 0 Å². The summed E-state index contributed by atoms with van der Waals surface area (Å²) >= 11 is 0. The normalized spacial score (nSPS) is 12.0. The summed E-state index contributed by atoms with van der Waals surface area (Å²) in [5.74, 6) is 0.190. The van der Waals surface area contributed by atoms with Crippen LogP contribution in [0.4, 0.5) is 0 Å². The molecule has 0 amide bonds. The van der Waals surface area contributed by atoms with E-state index in [0.717, 1.165) is 17.0 Å². The van der Waals surface area contributed by atoms with Gasteiger partial charge in [0.1, 0.15) is 0 Å². The van der Waals surface area contributed by atoms with Crippen LogP contribution in [-0.4, -0.2) is 15.0 Å². The maximum Gasteiger partial charge on any atom is 0.0978 e. The summed E-state index contributed by atoms with van der Waals surface area (Å²) in [6.07, 6.45) is 1.85. The van der Waals surface area contributed by atoms with Crippen LogP contribution in [0.1, 0.15) is 24.1 Å². The molecule has 1 aromatic heterocycles. The zero-order chi connectivity index (χ0) is 15.4. The maximum atomic E-state index is 4.45. The first-order valence-electron chi connectivity index (χ1n) is 7.46. The van der Waals surface area contributed by atoms with Crippen molar-refractivity contribution in [2.45, 2.75) is 19.4 Å². The van der Waals surface area contributed by atoms with E-state index in [1.54, 1.807) is 0 Å². The zero-order valence-electron chi connectivity index (χ0n) is 12.7. The van der Waals surface area contributed by atoms with Crippen molar-refractivity contribution in [3.05, 3.63) is 84.6 Å². The summed E-state index contributed by atoms with van der Waals surface area (Å²) in [5.41, 5.74) is 4.44. The number of nitrogens with zero attached hydrogens (tertiary/aromatic N) is 3. The molecule has 0 aliphatic carbocycles. The number of hydrogen-bond donors (Lipinski definition) is 0. The van der Waals surface area contributed by atoms with Gasteiger partial charge in [-0.05, 0) is 5.56 Å². The molecule has 22 heavy (non-hydrogen) atoms. The Morgan fingerprint density at radius 1 is 1.05 bits per heavy atom. The SMILES string of the molecule is C=CCn1nnc(C(C)c2ccccc2)c1-c1ccccc1. The quantitative estimate of drug-likeness (QED) is 0.656. The molecule has 3 nitrogen and oxygen atoms in total. The van der Waals surface area contributed by atoms with Crippen LogP contribution in [0.25, 0.3) is 11.3 Å². The van der Waals surface area contributed by atoms with Crippen molar-refractivity contribution in [3.8, 4) is 11.3 Å². The molecule has 3 aromatic rings. The maximum absolute atomic E-state index is 4.45. The Morgan fingerprint density at radius 2 is 1.68 bits per heavy atom. The molecule has 0 fully saturated rings. The molecular formula is C19H19N3. The summed E-state index contributed by atoms with van der Waals surface area (Å²) in [4.78, 5) is 0. The molecule has 0 bridgehead atoms. The highest BCUT2D eigenvalue weighted by Crippen LogP contribution is 2.31. The van der Waals surface area contributed by atoms with Gasteiger partial charge in [0.2, 0.25) is 0 Å². The molecule has 0 saturated carbocycles. The third-order valence-electron chi connectivity index (χ3n) is 3.82. The molecule has 0 spiro atoms. The molecule has 0 saturated heterocycles. The van der Waals surface area contributed by atoms with Crippen LogP contribution in [-0.2, 0) is 6.54 Å². The Balaban J connectivity index is 2.10. The third kappa shape index (κ3) is 2.70. The fourth-order valence-electron chi connectivity index (χ4n) is 2.66. The van der Waals surface area contributed by atoms with Crippen molar-refractivity contribution >= 4 is 0 Å². The molecule has 0 radical (unpaired) electrons. The van der Waals surface area contributed by atoms with Gasteiger partial charge in [-0.15, -0.1) is 11.7 Å². The van der Waals surface area contributed by atoms with Gasteiger partial charge in [-0.1, -0.05) is 78.9 Å². The van der Waals surface area contributed by atoms with Crippen LogP contribution in [0.5, 0.6) is 0 Å². The van der Waals surface area contributed by atoms with Gasteiger partial charge >= 0.3 is 0 Å². The fourth-order valence-corrected chi connectivity index (χ4v) is 2.66. The van der Waals surface area contributed by atoms with E-state index in [2.05, 4.69) is 60.2 Å². The molecule has 1 heterocycles. The predicted molar refractivity (Wildman–Crippen MR) is 89.6 cm³/mol. The largest absolute Gasteiger partial charge is 0.241 e. The number of aromatic nitrogens is 3. The smallest absolute Gasteiger partial charge is 0.0978 e. The van der Waals surface area contributed by atoms with Crippen LogP contribution in [0, 0.1) is 0 Å². The second-order valence-electron chi connectivity index (χ2n) is 5.29. The fraction of sp³-hybridized carbons (Fsp3) is 0.158. The average molecular weight is 289 g/mol. The molecular weight excluding hydrogens is 270 g/mol. The first-order valence-corrected chi connectivity index (χ1v) is 7.46. The monoisotopic (exact) mass is 289 g/mol. The lowest BCUT2D eigenvalue weighted by Crippen LogP contribution is -2.03. The van der Waals surface area contributed by atoms with E-state index in [1.807, 2.05) is 35.0 Å². The second-order valence-corrected chi connectivity index (χ2v) is 5.29. The van der Waals surface area contributed by atoms with E-state index in [9.17, 15) is 0 Å². The molecule has 0 aliphatic rings. The molecule has 1 atom stereocenters.